The predicted octanol–water partition coefficient (Wildman–Crippen LogP) is 2.21. The predicted molar refractivity (Wildman–Crippen MR) is 91.2 cm³/mol. The highest BCUT2D eigenvalue weighted by molar-refractivity contribution is 5.89. The quantitative estimate of drug-likeness (QED) is 0.752. The number of hydrogen-bond donors (Lipinski definition) is 0. The Labute approximate surface area is 143 Å². The van der Waals surface area contributed by atoms with E-state index in [-0.39, 0.29) is 23.9 Å². The number of carbonyl (C=O) groups excluding carboxylic acids is 2. The lowest BCUT2D eigenvalue weighted by Gasteiger charge is -2.41. The number of carbonyl (C=O) groups is 2. The first-order valence-corrected chi connectivity index (χ1v) is 8.88. The van der Waals surface area contributed by atoms with E-state index < -0.39 is 0 Å². The second kappa shape index (κ2) is 7.79. The van der Waals surface area contributed by atoms with E-state index in [2.05, 4.69) is 0 Å². The van der Waals surface area contributed by atoms with Gasteiger partial charge in [-0.1, -0.05) is 30.3 Å². The topological polar surface area (TPSA) is 49.9 Å². The minimum absolute atomic E-state index is 0.0747. The lowest BCUT2D eigenvalue weighted by molar-refractivity contribution is -0.152. The summed E-state index contributed by atoms with van der Waals surface area (Å²) in [4.78, 5) is 28.6. The van der Waals surface area contributed by atoms with Gasteiger partial charge in [0.15, 0.2) is 0 Å². The Balaban J connectivity index is 1.41. The Kier molecular flexibility index (Phi) is 5.51. The standard InChI is InChI=1S/C19H26N2O3/c1-15-19(23)20-11-5-9-17(20)13-21(15)18(22)10-6-12-24-14-16-7-3-2-4-8-16/h2-4,7-8,15,17H,5-6,9-14H2,1H3/t15-,17-/m1/s1. The van der Waals surface area contributed by atoms with Gasteiger partial charge in [-0.05, 0) is 31.7 Å². The Morgan fingerprint density at radius 1 is 1.29 bits per heavy atom. The molecule has 2 saturated heterocycles. The maximum atomic E-state index is 12.5. The van der Waals surface area contributed by atoms with E-state index in [1.165, 1.54) is 0 Å². The molecule has 0 aliphatic carbocycles. The molecule has 2 amide bonds. The van der Waals surface area contributed by atoms with E-state index in [1.54, 1.807) is 4.90 Å². The normalized spacial score (nSPS) is 23.5. The number of amides is 2. The zero-order chi connectivity index (χ0) is 16.9. The molecule has 1 aromatic rings. The Bertz CT molecular complexity index is 575. The average Bonchev–Trinajstić information content (AvgIpc) is 3.07. The molecule has 5 heteroatoms. The van der Waals surface area contributed by atoms with E-state index in [0.29, 0.717) is 32.6 Å². The van der Waals surface area contributed by atoms with E-state index in [1.807, 2.05) is 42.2 Å². The fourth-order valence-electron chi connectivity index (χ4n) is 3.63. The Morgan fingerprint density at radius 3 is 2.88 bits per heavy atom. The van der Waals surface area contributed by atoms with Crippen LogP contribution in [0, 0.1) is 0 Å². The molecule has 0 aromatic heterocycles. The second-order valence-electron chi connectivity index (χ2n) is 6.69. The number of ether oxygens (including phenoxy) is 1. The summed E-state index contributed by atoms with van der Waals surface area (Å²) >= 11 is 0. The molecule has 130 valence electrons. The fraction of sp³-hybridized carbons (Fsp3) is 0.579. The SMILES string of the molecule is C[C@@H]1C(=O)N2CCC[C@@H]2CN1C(=O)CCCOCc1ccccc1. The van der Waals surface area contributed by atoms with Crippen LogP contribution < -0.4 is 0 Å². The molecule has 5 nitrogen and oxygen atoms in total. The Hall–Kier alpha value is -1.88. The monoisotopic (exact) mass is 330 g/mol. The molecule has 2 atom stereocenters. The summed E-state index contributed by atoms with van der Waals surface area (Å²) in [7, 11) is 0. The van der Waals surface area contributed by atoms with Crippen molar-refractivity contribution in [2.24, 2.45) is 0 Å². The zero-order valence-corrected chi connectivity index (χ0v) is 14.3. The van der Waals surface area contributed by atoms with Crippen molar-refractivity contribution in [1.29, 1.82) is 0 Å². The summed E-state index contributed by atoms with van der Waals surface area (Å²) in [6.45, 7) is 4.53. The van der Waals surface area contributed by atoms with Crippen LogP contribution in [0.15, 0.2) is 30.3 Å². The number of hydrogen-bond acceptors (Lipinski definition) is 3. The molecule has 1 aromatic carbocycles. The lowest BCUT2D eigenvalue weighted by Crippen LogP contribution is -2.60. The van der Waals surface area contributed by atoms with Crippen LogP contribution in [0.1, 0.15) is 38.2 Å². The largest absolute Gasteiger partial charge is 0.377 e. The van der Waals surface area contributed by atoms with Gasteiger partial charge >= 0.3 is 0 Å². The van der Waals surface area contributed by atoms with Crippen molar-refractivity contribution in [3.8, 4) is 0 Å². The highest BCUT2D eigenvalue weighted by Gasteiger charge is 2.41. The second-order valence-corrected chi connectivity index (χ2v) is 6.69. The number of benzene rings is 1. The molecule has 2 aliphatic heterocycles. The van der Waals surface area contributed by atoms with Crippen LogP contribution in [-0.2, 0) is 20.9 Å². The summed E-state index contributed by atoms with van der Waals surface area (Å²) in [5.74, 6) is 0.183. The molecule has 0 bridgehead atoms. The highest BCUT2D eigenvalue weighted by atomic mass is 16.5. The zero-order valence-electron chi connectivity index (χ0n) is 14.3. The molecule has 0 saturated carbocycles. The van der Waals surface area contributed by atoms with Gasteiger partial charge in [0, 0.05) is 32.2 Å². The first-order valence-electron chi connectivity index (χ1n) is 8.88. The summed E-state index contributed by atoms with van der Waals surface area (Å²) in [6, 6.07) is 9.92. The minimum Gasteiger partial charge on any atom is -0.377 e. The van der Waals surface area contributed by atoms with Crippen LogP contribution in [-0.4, -0.2) is 53.4 Å². The number of fused-ring (bicyclic) bond motifs is 1. The van der Waals surface area contributed by atoms with E-state index in [9.17, 15) is 9.59 Å². The van der Waals surface area contributed by atoms with Gasteiger partial charge in [-0.3, -0.25) is 9.59 Å². The van der Waals surface area contributed by atoms with Crippen molar-refractivity contribution in [1.82, 2.24) is 9.80 Å². The Morgan fingerprint density at radius 2 is 2.08 bits per heavy atom. The van der Waals surface area contributed by atoms with Crippen LogP contribution in [0.4, 0.5) is 0 Å². The van der Waals surface area contributed by atoms with E-state index in [4.69, 9.17) is 4.74 Å². The third-order valence-corrected chi connectivity index (χ3v) is 5.00. The molecule has 2 aliphatic rings. The van der Waals surface area contributed by atoms with Gasteiger partial charge in [-0.2, -0.15) is 0 Å². The molecule has 0 N–H and O–H groups in total. The third kappa shape index (κ3) is 3.78. The molecule has 0 radical (unpaired) electrons. The van der Waals surface area contributed by atoms with Gasteiger partial charge in [0.25, 0.3) is 0 Å². The molecule has 24 heavy (non-hydrogen) atoms. The molecule has 0 spiro atoms. The van der Waals surface area contributed by atoms with E-state index >= 15 is 0 Å². The van der Waals surface area contributed by atoms with Crippen LogP contribution >= 0.6 is 0 Å². The summed E-state index contributed by atoms with van der Waals surface area (Å²) in [5, 5.41) is 0. The molecule has 2 fully saturated rings. The molecule has 2 heterocycles. The molecular formula is C19H26N2O3. The fourth-order valence-corrected chi connectivity index (χ4v) is 3.63. The summed E-state index contributed by atoms with van der Waals surface area (Å²) < 4.78 is 5.63. The van der Waals surface area contributed by atoms with Crippen molar-refractivity contribution in [3.05, 3.63) is 35.9 Å². The van der Waals surface area contributed by atoms with Crippen LogP contribution in [0.5, 0.6) is 0 Å². The van der Waals surface area contributed by atoms with Gasteiger partial charge < -0.3 is 14.5 Å². The summed E-state index contributed by atoms with van der Waals surface area (Å²) in [5.41, 5.74) is 1.14. The number of nitrogens with zero attached hydrogens (tertiary/aromatic N) is 2. The van der Waals surface area contributed by atoms with Gasteiger partial charge in [-0.25, -0.2) is 0 Å². The van der Waals surface area contributed by atoms with Crippen LogP contribution in [0.2, 0.25) is 0 Å². The highest BCUT2D eigenvalue weighted by Crippen LogP contribution is 2.26. The van der Waals surface area contributed by atoms with Gasteiger partial charge in [0.1, 0.15) is 6.04 Å². The van der Waals surface area contributed by atoms with Crippen LogP contribution in [0.3, 0.4) is 0 Å². The van der Waals surface area contributed by atoms with Crippen LogP contribution in [0.25, 0.3) is 0 Å². The molecule has 3 rings (SSSR count). The third-order valence-electron chi connectivity index (χ3n) is 5.00. The molecular weight excluding hydrogens is 304 g/mol. The van der Waals surface area contributed by atoms with Crippen molar-refractivity contribution < 1.29 is 14.3 Å². The first kappa shape index (κ1) is 17.0. The van der Waals surface area contributed by atoms with Gasteiger partial charge in [0.05, 0.1) is 6.61 Å². The van der Waals surface area contributed by atoms with Gasteiger partial charge in [-0.15, -0.1) is 0 Å². The van der Waals surface area contributed by atoms with Crippen molar-refractivity contribution in [2.75, 3.05) is 19.7 Å². The smallest absolute Gasteiger partial charge is 0.245 e. The van der Waals surface area contributed by atoms with Gasteiger partial charge in [0.2, 0.25) is 11.8 Å². The lowest BCUT2D eigenvalue weighted by atomic mass is 10.1. The average molecular weight is 330 g/mol. The van der Waals surface area contributed by atoms with Crippen molar-refractivity contribution >= 4 is 11.8 Å². The maximum absolute atomic E-state index is 12.5. The maximum Gasteiger partial charge on any atom is 0.245 e. The molecule has 0 unspecified atom stereocenters. The number of piperazine rings is 1. The van der Waals surface area contributed by atoms with E-state index in [0.717, 1.165) is 24.9 Å². The minimum atomic E-state index is -0.322. The van der Waals surface area contributed by atoms with Crippen molar-refractivity contribution in [3.63, 3.8) is 0 Å². The summed E-state index contributed by atoms with van der Waals surface area (Å²) in [6.07, 6.45) is 3.21. The van der Waals surface area contributed by atoms with Crippen molar-refractivity contribution in [2.45, 2.75) is 51.3 Å². The first-order chi connectivity index (χ1) is 11.7. The number of rotatable bonds is 6.